The predicted octanol–water partition coefficient (Wildman–Crippen LogP) is 18.4. The van der Waals surface area contributed by atoms with Crippen molar-refractivity contribution in [2.24, 2.45) is 0 Å². The lowest BCUT2D eigenvalue weighted by Crippen LogP contribution is -2.65. The predicted molar refractivity (Wildman–Crippen MR) is 410 cm³/mol. The lowest BCUT2D eigenvalue weighted by Gasteiger charge is -2.46. The topological polar surface area (TPSA) is 228 Å². The lowest BCUT2D eigenvalue weighted by atomic mass is 9.97. The number of carbonyl (C=O) groups is 1. The lowest BCUT2D eigenvalue weighted by molar-refractivity contribution is -0.359. The molecule has 99 heavy (non-hydrogen) atoms. The average Bonchev–Trinajstić information content (AvgIpc) is 0.793. The molecule has 2 aliphatic rings. The summed E-state index contributed by atoms with van der Waals surface area (Å²) in [5.74, 6) is -0.254. The standard InChI is InChI=1S/C85H147NO13/c1-3-5-7-9-11-13-15-17-19-21-23-25-27-29-31-33-34-35-36-37-38-39-40-41-43-45-47-49-51-53-55-57-59-61-63-65-67-69-77(90)86-73(72-96-84-82(95)80(93)83(76(71-88)98-84)99-85-81(94)79(92)78(91)75(70-87)97-85)74(89)68-66-64-62-60-58-56-54-52-50-48-46-44-42-32-30-28-26-24-22-20-18-16-14-12-10-8-6-4-2/h5,7,11,13,17,19,23,25,29,31,34-35,37-38,50,52,58,60,66,68,73-76,78-85,87-89,91-95H,3-4,6,8-10,12,14-16,18,20-22,24,26-28,30,32-33,36,39-49,51,53-57,59,61-65,67,69-72H2,1-2H3,(H,86,90)/b7-5-,13-11-,19-17-,25-23-,31-29-,35-34-,38-37-,52-50+,60-58+,68-66+. The molecular formula is C85H147NO13. The van der Waals surface area contributed by atoms with E-state index in [0.29, 0.717) is 12.8 Å². The minimum absolute atomic E-state index is 0.254. The number of rotatable bonds is 66. The quantitative estimate of drug-likeness (QED) is 0.0204. The number of allylic oxidation sites excluding steroid dienone is 19. The van der Waals surface area contributed by atoms with Gasteiger partial charge in [0.2, 0.25) is 5.91 Å². The molecule has 570 valence electrons. The van der Waals surface area contributed by atoms with Crippen molar-refractivity contribution in [3.05, 3.63) is 122 Å². The Morgan fingerprint density at radius 3 is 1.11 bits per heavy atom. The third-order valence-corrected chi connectivity index (χ3v) is 18.9. The molecule has 2 saturated heterocycles. The van der Waals surface area contributed by atoms with Gasteiger partial charge in [-0.3, -0.25) is 4.79 Å². The molecule has 0 saturated carbocycles. The molecule has 14 heteroatoms. The Morgan fingerprint density at radius 1 is 0.374 bits per heavy atom. The summed E-state index contributed by atoms with van der Waals surface area (Å²) in [6, 6.07) is -0.947. The van der Waals surface area contributed by atoms with Gasteiger partial charge < -0.3 is 65.1 Å². The monoisotopic (exact) mass is 1390 g/mol. The molecule has 2 heterocycles. The first-order valence-corrected chi connectivity index (χ1v) is 40.3. The van der Waals surface area contributed by atoms with Crippen molar-refractivity contribution in [3.63, 3.8) is 0 Å². The van der Waals surface area contributed by atoms with Crippen LogP contribution < -0.4 is 5.32 Å². The van der Waals surface area contributed by atoms with Gasteiger partial charge in [0.05, 0.1) is 32.0 Å². The van der Waals surface area contributed by atoms with Crippen molar-refractivity contribution in [1.29, 1.82) is 0 Å². The van der Waals surface area contributed by atoms with E-state index in [1.165, 1.54) is 193 Å². The summed E-state index contributed by atoms with van der Waals surface area (Å²) in [6.45, 7) is 2.69. The van der Waals surface area contributed by atoms with Crippen molar-refractivity contribution in [3.8, 4) is 0 Å². The van der Waals surface area contributed by atoms with Gasteiger partial charge in [-0.15, -0.1) is 0 Å². The molecule has 2 fully saturated rings. The average molecular weight is 1390 g/mol. The molecule has 14 nitrogen and oxygen atoms in total. The highest BCUT2D eigenvalue weighted by Crippen LogP contribution is 2.30. The van der Waals surface area contributed by atoms with Gasteiger partial charge in [-0.1, -0.05) is 328 Å². The second-order valence-electron chi connectivity index (χ2n) is 27.8. The fourth-order valence-corrected chi connectivity index (χ4v) is 12.5. The molecule has 0 aromatic rings. The van der Waals surface area contributed by atoms with E-state index in [9.17, 15) is 45.6 Å². The summed E-state index contributed by atoms with van der Waals surface area (Å²) in [6.07, 6.45) is 82.8. The summed E-state index contributed by atoms with van der Waals surface area (Å²) in [7, 11) is 0. The second-order valence-corrected chi connectivity index (χ2v) is 27.8. The van der Waals surface area contributed by atoms with Gasteiger partial charge in [0.25, 0.3) is 0 Å². The molecule has 12 atom stereocenters. The Bertz CT molecular complexity index is 2130. The van der Waals surface area contributed by atoms with Crippen LogP contribution in [-0.4, -0.2) is 140 Å². The number of aliphatic hydroxyl groups is 8. The molecule has 0 radical (unpaired) electrons. The summed E-state index contributed by atoms with van der Waals surface area (Å²) in [4.78, 5) is 13.4. The van der Waals surface area contributed by atoms with E-state index < -0.39 is 86.8 Å². The van der Waals surface area contributed by atoms with Crippen LogP contribution in [-0.2, 0) is 23.7 Å². The smallest absolute Gasteiger partial charge is 0.220 e. The molecule has 2 rings (SSSR count). The van der Waals surface area contributed by atoms with E-state index in [0.717, 1.165) is 89.9 Å². The summed E-state index contributed by atoms with van der Waals surface area (Å²) in [5.41, 5.74) is 0. The number of hydrogen-bond acceptors (Lipinski definition) is 13. The molecule has 0 aromatic carbocycles. The van der Waals surface area contributed by atoms with Crippen molar-refractivity contribution in [2.75, 3.05) is 19.8 Å². The van der Waals surface area contributed by atoms with Gasteiger partial charge in [0.1, 0.15) is 48.8 Å². The van der Waals surface area contributed by atoms with Crippen LogP contribution in [0, 0.1) is 0 Å². The number of ether oxygens (including phenoxy) is 4. The SMILES string of the molecule is CC/C=C\C/C=C\C/C=C\C/C=C\C/C=C\C/C=C\C/C=C\CCCCCCCCCCCCCCCCCC(=O)NC(COC1OC(CO)C(OC2OC(CO)C(O)C(O)C2O)C(O)C1O)C(O)/C=C/CC/C=C/CC/C=C/CCCCCCCCCCCCCCCCCCCC. The van der Waals surface area contributed by atoms with Crippen LogP contribution in [0.15, 0.2) is 122 Å². The maximum Gasteiger partial charge on any atom is 0.220 e. The zero-order chi connectivity index (χ0) is 71.5. The van der Waals surface area contributed by atoms with Gasteiger partial charge in [0.15, 0.2) is 12.6 Å². The van der Waals surface area contributed by atoms with Crippen LogP contribution in [0.1, 0.15) is 316 Å². The fraction of sp³-hybridized carbons (Fsp3) is 0.753. The number of hydrogen-bond donors (Lipinski definition) is 9. The van der Waals surface area contributed by atoms with E-state index in [-0.39, 0.29) is 18.9 Å². The summed E-state index contributed by atoms with van der Waals surface area (Å²) < 4.78 is 22.9. The summed E-state index contributed by atoms with van der Waals surface area (Å²) >= 11 is 0. The third kappa shape index (κ3) is 50.4. The van der Waals surface area contributed by atoms with Crippen LogP contribution in [0.5, 0.6) is 0 Å². The molecule has 0 aliphatic carbocycles. The zero-order valence-corrected chi connectivity index (χ0v) is 62.4. The van der Waals surface area contributed by atoms with E-state index in [4.69, 9.17) is 18.9 Å². The molecule has 2 aliphatic heterocycles. The molecule has 12 unspecified atom stereocenters. The fourth-order valence-electron chi connectivity index (χ4n) is 12.5. The largest absolute Gasteiger partial charge is 0.394 e. The molecule has 9 N–H and O–H groups in total. The molecule has 0 bridgehead atoms. The van der Waals surface area contributed by atoms with Crippen molar-refractivity contribution in [2.45, 2.75) is 389 Å². The second kappa shape index (κ2) is 67.6. The minimum atomic E-state index is -1.80. The first kappa shape index (κ1) is 91.5. The van der Waals surface area contributed by atoms with Gasteiger partial charge in [-0.05, 0) is 103 Å². The Hall–Kier alpha value is -3.61. The Morgan fingerprint density at radius 2 is 0.707 bits per heavy atom. The van der Waals surface area contributed by atoms with Gasteiger partial charge >= 0.3 is 0 Å². The van der Waals surface area contributed by atoms with Crippen LogP contribution >= 0.6 is 0 Å². The van der Waals surface area contributed by atoms with Gasteiger partial charge in [0, 0.05) is 6.42 Å². The highest BCUT2D eigenvalue weighted by molar-refractivity contribution is 5.76. The van der Waals surface area contributed by atoms with Gasteiger partial charge in [-0.2, -0.15) is 0 Å². The highest BCUT2D eigenvalue weighted by atomic mass is 16.7. The molecule has 0 aromatic heterocycles. The van der Waals surface area contributed by atoms with Gasteiger partial charge in [-0.25, -0.2) is 0 Å². The highest BCUT2D eigenvalue weighted by Gasteiger charge is 2.51. The van der Waals surface area contributed by atoms with Crippen LogP contribution in [0.25, 0.3) is 0 Å². The molecule has 1 amide bonds. The number of unbranched alkanes of at least 4 members (excludes halogenated alkanes) is 35. The number of nitrogens with one attached hydrogen (secondary N) is 1. The maximum atomic E-state index is 13.4. The number of carbonyl (C=O) groups excluding carboxylic acids is 1. The van der Waals surface area contributed by atoms with E-state index in [1.54, 1.807) is 6.08 Å². The van der Waals surface area contributed by atoms with E-state index in [1.807, 2.05) is 6.08 Å². The van der Waals surface area contributed by atoms with Crippen LogP contribution in [0.2, 0.25) is 0 Å². The Labute approximate surface area is 603 Å². The molecular weight excluding hydrogens is 1240 g/mol. The first-order chi connectivity index (χ1) is 48.6. The zero-order valence-electron chi connectivity index (χ0n) is 62.4. The van der Waals surface area contributed by atoms with Crippen LogP contribution in [0.3, 0.4) is 0 Å². The van der Waals surface area contributed by atoms with Crippen molar-refractivity contribution >= 4 is 5.91 Å². The maximum absolute atomic E-state index is 13.4. The number of amides is 1. The number of aliphatic hydroxyl groups excluding tert-OH is 8. The van der Waals surface area contributed by atoms with Crippen molar-refractivity contribution in [1.82, 2.24) is 5.32 Å². The van der Waals surface area contributed by atoms with E-state index >= 15 is 0 Å². The Kier molecular flexibility index (Phi) is 62.4. The first-order valence-electron chi connectivity index (χ1n) is 40.3. The molecule has 0 spiro atoms. The normalized spacial score (nSPS) is 22.6. The minimum Gasteiger partial charge on any atom is -0.394 e. The Balaban J connectivity index is 1.64. The van der Waals surface area contributed by atoms with Crippen molar-refractivity contribution < 1.29 is 64.6 Å². The van der Waals surface area contributed by atoms with E-state index in [2.05, 4.69) is 129 Å². The van der Waals surface area contributed by atoms with Crippen LogP contribution in [0.4, 0.5) is 0 Å². The summed E-state index contributed by atoms with van der Waals surface area (Å²) in [5, 5.41) is 87.7. The third-order valence-electron chi connectivity index (χ3n) is 18.9.